The molecule has 3 rings (SSSR count). The molecule has 0 N–H and O–H groups in total. The van der Waals surface area contributed by atoms with Crippen molar-refractivity contribution in [1.29, 1.82) is 0 Å². The second-order valence-electron chi connectivity index (χ2n) is 7.30. The summed E-state index contributed by atoms with van der Waals surface area (Å²) in [5.74, 6) is 0.730. The molecule has 136 valence electrons. The standard InChI is InChI=1S/C21H30N2O2/c1-17-5-3-6-18(2)20(17)9-8-19-7-4-10-23(15-19)21(24)16-22-11-13-25-14-12-22/h3,5-6,8-9,19H,4,7,10-16H2,1-2H3. The highest BCUT2D eigenvalue weighted by atomic mass is 16.5. The monoisotopic (exact) mass is 342 g/mol. The number of aryl methyl sites for hydroxylation is 2. The van der Waals surface area contributed by atoms with Crippen LogP contribution in [0.1, 0.15) is 29.5 Å². The van der Waals surface area contributed by atoms with Crippen LogP contribution in [0.4, 0.5) is 0 Å². The largest absolute Gasteiger partial charge is 0.379 e. The molecule has 1 atom stereocenters. The molecule has 0 saturated carbocycles. The van der Waals surface area contributed by atoms with Crippen molar-refractivity contribution < 1.29 is 9.53 Å². The Kier molecular flexibility index (Phi) is 6.27. The van der Waals surface area contributed by atoms with Crippen LogP contribution in [0, 0.1) is 19.8 Å². The van der Waals surface area contributed by atoms with E-state index in [1.807, 2.05) is 0 Å². The van der Waals surface area contributed by atoms with Crippen LogP contribution in [0.25, 0.3) is 6.08 Å². The van der Waals surface area contributed by atoms with Crippen molar-refractivity contribution in [3.8, 4) is 0 Å². The molecular weight excluding hydrogens is 312 g/mol. The lowest BCUT2D eigenvalue weighted by molar-refractivity contribution is -0.134. The average Bonchev–Trinajstić information content (AvgIpc) is 2.62. The molecule has 0 radical (unpaired) electrons. The molecule has 0 aliphatic carbocycles. The minimum absolute atomic E-state index is 0.270. The molecule has 1 amide bonds. The first-order valence-electron chi connectivity index (χ1n) is 9.46. The minimum atomic E-state index is 0.270. The van der Waals surface area contributed by atoms with Gasteiger partial charge in [-0.3, -0.25) is 9.69 Å². The lowest BCUT2D eigenvalue weighted by Crippen LogP contribution is -2.47. The predicted molar refractivity (Wildman–Crippen MR) is 102 cm³/mol. The molecule has 25 heavy (non-hydrogen) atoms. The van der Waals surface area contributed by atoms with E-state index in [0.717, 1.165) is 45.8 Å². The van der Waals surface area contributed by atoms with Crippen molar-refractivity contribution in [2.75, 3.05) is 45.9 Å². The Hall–Kier alpha value is -1.65. The van der Waals surface area contributed by atoms with E-state index >= 15 is 0 Å². The van der Waals surface area contributed by atoms with E-state index in [0.29, 0.717) is 12.5 Å². The first-order valence-corrected chi connectivity index (χ1v) is 9.46. The molecule has 2 aliphatic rings. The van der Waals surface area contributed by atoms with Crippen LogP contribution >= 0.6 is 0 Å². The predicted octanol–water partition coefficient (Wildman–Crippen LogP) is 2.89. The van der Waals surface area contributed by atoms with Crippen LogP contribution in [0.3, 0.4) is 0 Å². The third-order valence-corrected chi connectivity index (χ3v) is 5.35. The number of ether oxygens (including phenoxy) is 1. The van der Waals surface area contributed by atoms with E-state index in [4.69, 9.17) is 4.74 Å². The topological polar surface area (TPSA) is 32.8 Å². The van der Waals surface area contributed by atoms with E-state index in [-0.39, 0.29) is 5.91 Å². The van der Waals surface area contributed by atoms with E-state index in [9.17, 15) is 4.79 Å². The average molecular weight is 342 g/mol. The molecule has 0 spiro atoms. The van der Waals surface area contributed by atoms with Gasteiger partial charge in [-0.1, -0.05) is 30.4 Å². The number of hydrogen-bond acceptors (Lipinski definition) is 3. The summed E-state index contributed by atoms with van der Waals surface area (Å²) in [4.78, 5) is 16.9. The van der Waals surface area contributed by atoms with Gasteiger partial charge in [0.15, 0.2) is 0 Å². The van der Waals surface area contributed by atoms with Crippen LogP contribution in [-0.4, -0.2) is 61.6 Å². The summed E-state index contributed by atoms with van der Waals surface area (Å²) in [5, 5.41) is 0. The van der Waals surface area contributed by atoms with E-state index in [1.54, 1.807) is 0 Å². The normalized spacial score (nSPS) is 22.5. The third kappa shape index (κ3) is 4.93. The Morgan fingerprint density at radius 2 is 1.92 bits per heavy atom. The molecule has 2 aliphatic heterocycles. The van der Waals surface area contributed by atoms with Crippen LogP contribution < -0.4 is 0 Å². The van der Waals surface area contributed by atoms with Crippen LogP contribution in [0.2, 0.25) is 0 Å². The summed E-state index contributed by atoms with van der Waals surface area (Å²) in [6.07, 6.45) is 6.83. The Balaban J connectivity index is 1.57. The number of carbonyl (C=O) groups excluding carboxylic acids is 1. The van der Waals surface area contributed by atoms with Crippen molar-refractivity contribution in [3.63, 3.8) is 0 Å². The minimum Gasteiger partial charge on any atom is -0.379 e. The van der Waals surface area contributed by atoms with Crippen molar-refractivity contribution >= 4 is 12.0 Å². The van der Waals surface area contributed by atoms with Gasteiger partial charge in [0, 0.05) is 26.2 Å². The van der Waals surface area contributed by atoms with E-state index in [1.165, 1.54) is 23.1 Å². The number of benzene rings is 1. The Labute approximate surface area is 151 Å². The molecule has 1 unspecified atom stereocenters. The number of nitrogens with zero attached hydrogens (tertiary/aromatic N) is 2. The molecular formula is C21H30N2O2. The first kappa shape index (κ1) is 18.2. The number of amides is 1. The van der Waals surface area contributed by atoms with Crippen molar-refractivity contribution in [3.05, 3.63) is 41.0 Å². The van der Waals surface area contributed by atoms with Gasteiger partial charge in [0.05, 0.1) is 19.8 Å². The highest BCUT2D eigenvalue weighted by Gasteiger charge is 2.24. The summed E-state index contributed by atoms with van der Waals surface area (Å²) >= 11 is 0. The fourth-order valence-electron chi connectivity index (χ4n) is 3.77. The Morgan fingerprint density at radius 1 is 1.20 bits per heavy atom. The number of likely N-dealkylation sites (tertiary alicyclic amines) is 1. The molecule has 4 heteroatoms. The Morgan fingerprint density at radius 3 is 2.64 bits per heavy atom. The van der Waals surface area contributed by atoms with Gasteiger partial charge in [-0.15, -0.1) is 0 Å². The maximum Gasteiger partial charge on any atom is 0.236 e. The lowest BCUT2D eigenvalue weighted by atomic mass is 9.95. The highest BCUT2D eigenvalue weighted by Crippen LogP contribution is 2.21. The van der Waals surface area contributed by atoms with Gasteiger partial charge in [0.25, 0.3) is 0 Å². The molecule has 4 nitrogen and oxygen atoms in total. The van der Waals surface area contributed by atoms with Crippen molar-refractivity contribution in [1.82, 2.24) is 9.80 Å². The van der Waals surface area contributed by atoms with Crippen molar-refractivity contribution in [2.45, 2.75) is 26.7 Å². The van der Waals surface area contributed by atoms with E-state index in [2.05, 4.69) is 54.0 Å². The molecule has 2 heterocycles. The van der Waals surface area contributed by atoms with Gasteiger partial charge in [-0.25, -0.2) is 0 Å². The molecule has 2 saturated heterocycles. The van der Waals surface area contributed by atoms with Gasteiger partial charge in [-0.2, -0.15) is 0 Å². The zero-order valence-corrected chi connectivity index (χ0v) is 15.5. The van der Waals surface area contributed by atoms with Gasteiger partial charge in [0.1, 0.15) is 0 Å². The molecule has 1 aromatic rings. The maximum atomic E-state index is 12.6. The smallest absolute Gasteiger partial charge is 0.236 e. The second-order valence-corrected chi connectivity index (χ2v) is 7.30. The number of hydrogen-bond donors (Lipinski definition) is 0. The maximum absolute atomic E-state index is 12.6. The number of rotatable bonds is 4. The lowest BCUT2D eigenvalue weighted by Gasteiger charge is -2.34. The summed E-state index contributed by atoms with van der Waals surface area (Å²) < 4.78 is 5.36. The summed E-state index contributed by atoms with van der Waals surface area (Å²) in [5.41, 5.74) is 3.94. The highest BCUT2D eigenvalue weighted by molar-refractivity contribution is 5.78. The van der Waals surface area contributed by atoms with Crippen molar-refractivity contribution in [2.24, 2.45) is 5.92 Å². The summed E-state index contributed by atoms with van der Waals surface area (Å²) in [6.45, 7) is 9.84. The first-order chi connectivity index (χ1) is 12.1. The van der Waals surface area contributed by atoms with Gasteiger partial charge in [0.2, 0.25) is 5.91 Å². The summed E-state index contributed by atoms with van der Waals surface area (Å²) in [7, 11) is 0. The number of morpholine rings is 1. The van der Waals surface area contributed by atoms with Gasteiger partial charge >= 0.3 is 0 Å². The Bertz CT molecular complexity index is 600. The van der Waals surface area contributed by atoms with E-state index < -0.39 is 0 Å². The van der Waals surface area contributed by atoms with Gasteiger partial charge < -0.3 is 9.64 Å². The SMILES string of the molecule is Cc1cccc(C)c1C=CC1CCCN(C(=O)CN2CCOCC2)C1. The third-order valence-electron chi connectivity index (χ3n) is 5.35. The van der Waals surface area contributed by atoms with Gasteiger partial charge in [-0.05, 0) is 49.3 Å². The van der Waals surface area contributed by atoms with Crippen LogP contribution in [0.5, 0.6) is 0 Å². The number of piperidine rings is 1. The van der Waals surface area contributed by atoms with Crippen LogP contribution in [-0.2, 0) is 9.53 Å². The van der Waals surface area contributed by atoms with Crippen LogP contribution in [0.15, 0.2) is 24.3 Å². The quantitative estimate of drug-likeness (QED) is 0.843. The zero-order chi connectivity index (χ0) is 17.6. The fraction of sp³-hybridized carbons (Fsp3) is 0.571. The molecule has 0 bridgehead atoms. The fourth-order valence-corrected chi connectivity index (χ4v) is 3.77. The zero-order valence-electron chi connectivity index (χ0n) is 15.5. The second kappa shape index (κ2) is 8.63. The molecule has 2 fully saturated rings. The summed E-state index contributed by atoms with van der Waals surface area (Å²) in [6, 6.07) is 6.42. The molecule has 1 aromatic carbocycles. The number of carbonyl (C=O) groups is 1. The molecule has 0 aromatic heterocycles.